The van der Waals surface area contributed by atoms with E-state index in [9.17, 15) is 28.1 Å². The van der Waals surface area contributed by atoms with Gasteiger partial charge in [-0.1, -0.05) is 18.2 Å². The zero-order valence-electron chi connectivity index (χ0n) is 11.9. The fraction of sp³-hybridized carbons (Fsp3) is 0.0625. The monoisotopic (exact) mass is 334 g/mol. The summed E-state index contributed by atoms with van der Waals surface area (Å²) < 4.78 is 39.5. The summed E-state index contributed by atoms with van der Waals surface area (Å²) in [4.78, 5) is 24.0. The number of aromatic amines is 1. The smallest absolute Gasteiger partial charge is 0.322 e. The lowest BCUT2D eigenvalue weighted by Crippen LogP contribution is -2.13. The molecule has 3 rings (SSSR count). The summed E-state index contributed by atoms with van der Waals surface area (Å²) in [6.07, 6.45) is -4.69. The zero-order chi connectivity index (χ0) is 17.5. The van der Waals surface area contributed by atoms with Crippen LogP contribution in [0.1, 0.15) is 5.56 Å². The summed E-state index contributed by atoms with van der Waals surface area (Å²) in [6, 6.07) is 10.2. The number of hydrogen-bond donors (Lipinski definition) is 1. The summed E-state index contributed by atoms with van der Waals surface area (Å²) in [7, 11) is 0. The Bertz CT molecular complexity index is 1010. The molecular formula is C16H9F3N2O3. The van der Waals surface area contributed by atoms with Gasteiger partial charge in [-0.3, -0.25) is 14.9 Å². The molecule has 0 aliphatic rings. The molecule has 0 amide bonds. The third-order valence-corrected chi connectivity index (χ3v) is 3.54. The number of nitro benzene ring substituents is 1. The zero-order valence-corrected chi connectivity index (χ0v) is 11.9. The Morgan fingerprint density at radius 2 is 1.71 bits per heavy atom. The second-order valence-electron chi connectivity index (χ2n) is 5.11. The SMILES string of the molecule is O=c1cc(C(F)(F)F)c2cc(-c3cccc([N+](=O)[O-])c3)ccc2[nH]1. The van der Waals surface area contributed by atoms with Gasteiger partial charge in [0.1, 0.15) is 0 Å². The van der Waals surface area contributed by atoms with Gasteiger partial charge >= 0.3 is 6.18 Å². The van der Waals surface area contributed by atoms with Gasteiger partial charge in [-0.25, -0.2) is 0 Å². The molecule has 0 saturated carbocycles. The molecule has 8 heteroatoms. The average Bonchev–Trinajstić information content (AvgIpc) is 2.53. The number of halogens is 3. The molecule has 0 saturated heterocycles. The van der Waals surface area contributed by atoms with Crippen molar-refractivity contribution in [2.75, 3.05) is 0 Å². The first kappa shape index (κ1) is 15.7. The Kier molecular flexibility index (Phi) is 3.59. The van der Waals surface area contributed by atoms with Crippen molar-refractivity contribution in [3.63, 3.8) is 0 Å². The summed E-state index contributed by atoms with van der Waals surface area (Å²) >= 11 is 0. The molecule has 0 fully saturated rings. The molecular weight excluding hydrogens is 325 g/mol. The van der Waals surface area contributed by atoms with Gasteiger partial charge in [0, 0.05) is 29.1 Å². The Morgan fingerprint density at radius 3 is 2.38 bits per heavy atom. The van der Waals surface area contributed by atoms with Crippen LogP contribution in [0.3, 0.4) is 0 Å². The van der Waals surface area contributed by atoms with Crippen molar-refractivity contribution in [1.82, 2.24) is 4.98 Å². The van der Waals surface area contributed by atoms with Gasteiger partial charge in [-0.15, -0.1) is 0 Å². The maximum Gasteiger partial charge on any atom is 0.417 e. The molecule has 3 aromatic rings. The first-order chi connectivity index (χ1) is 11.3. The second-order valence-corrected chi connectivity index (χ2v) is 5.11. The standard InChI is InChI=1S/C16H9F3N2O3/c17-16(18,19)13-8-15(22)20-14-5-4-10(7-12(13)14)9-2-1-3-11(6-9)21(23)24/h1-8H,(H,20,22). The van der Waals surface area contributed by atoms with E-state index in [0.717, 1.165) is 0 Å². The van der Waals surface area contributed by atoms with Crippen molar-refractivity contribution in [3.8, 4) is 11.1 Å². The molecule has 1 heterocycles. The maximum atomic E-state index is 13.2. The van der Waals surface area contributed by atoms with Crippen molar-refractivity contribution in [2.45, 2.75) is 6.18 Å². The Morgan fingerprint density at radius 1 is 1.00 bits per heavy atom. The number of alkyl halides is 3. The molecule has 0 atom stereocenters. The fourth-order valence-corrected chi connectivity index (χ4v) is 2.47. The van der Waals surface area contributed by atoms with Crippen molar-refractivity contribution in [3.05, 3.63) is 74.6 Å². The predicted octanol–water partition coefficient (Wildman–Crippen LogP) is 4.12. The minimum absolute atomic E-state index is 0.0454. The predicted molar refractivity (Wildman–Crippen MR) is 81.7 cm³/mol. The van der Waals surface area contributed by atoms with Crippen LogP contribution < -0.4 is 5.56 Å². The van der Waals surface area contributed by atoms with E-state index < -0.39 is 22.2 Å². The number of H-pyrrole nitrogens is 1. The van der Waals surface area contributed by atoms with Gasteiger partial charge in [0.25, 0.3) is 5.69 Å². The number of nitrogens with one attached hydrogen (secondary N) is 1. The van der Waals surface area contributed by atoms with E-state index in [-0.39, 0.29) is 16.6 Å². The van der Waals surface area contributed by atoms with Crippen molar-refractivity contribution < 1.29 is 18.1 Å². The molecule has 0 unspecified atom stereocenters. The summed E-state index contributed by atoms with van der Waals surface area (Å²) in [5, 5.41) is 10.7. The van der Waals surface area contributed by atoms with Gasteiger partial charge in [0.2, 0.25) is 5.56 Å². The number of aromatic nitrogens is 1. The highest BCUT2D eigenvalue weighted by Gasteiger charge is 2.33. The van der Waals surface area contributed by atoms with Gasteiger partial charge in [0.05, 0.1) is 10.5 Å². The lowest BCUT2D eigenvalue weighted by molar-refractivity contribution is -0.384. The van der Waals surface area contributed by atoms with Crippen molar-refractivity contribution in [1.29, 1.82) is 0 Å². The van der Waals surface area contributed by atoms with E-state index >= 15 is 0 Å². The topological polar surface area (TPSA) is 76.0 Å². The highest BCUT2D eigenvalue weighted by atomic mass is 19.4. The minimum atomic E-state index is -4.69. The van der Waals surface area contributed by atoms with Crippen LogP contribution in [-0.2, 0) is 6.18 Å². The van der Waals surface area contributed by atoms with Gasteiger partial charge in [0.15, 0.2) is 0 Å². The number of fused-ring (bicyclic) bond motifs is 1. The molecule has 0 spiro atoms. The first-order valence-electron chi connectivity index (χ1n) is 6.75. The molecule has 2 aromatic carbocycles. The third kappa shape index (κ3) is 2.85. The van der Waals surface area contributed by atoms with Crippen LogP contribution in [0.4, 0.5) is 18.9 Å². The number of hydrogen-bond acceptors (Lipinski definition) is 3. The highest BCUT2D eigenvalue weighted by Crippen LogP contribution is 2.35. The van der Waals surface area contributed by atoms with Crippen LogP contribution in [0, 0.1) is 10.1 Å². The number of benzene rings is 2. The second kappa shape index (κ2) is 5.48. The van der Waals surface area contributed by atoms with E-state index in [1.807, 2.05) is 0 Å². The Hall–Kier alpha value is -3.16. The van der Waals surface area contributed by atoms with E-state index in [1.54, 1.807) is 6.07 Å². The van der Waals surface area contributed by atoms with Crippen LogP contribution in [0.2, 0.25) is 0 Å². The quantitative estimate of drug-likeness (QED) is 0.566. The number of pyridine rings is 1. The highest BCUT2D eigenvalue weighted by molar-refractivity contribution is 5.87. The molecule has 5 nitrogen and oxygen atoms in total. The van der Waals surface area contributed by atoms with Crippen LogP contribution >= 0.6 is 0 Å². The molecule has 0 radical (unpaired) electrons. The molecule has 1 N–H and O–H groups in total. The van der Waals surface area contributed by atoms with Crippen molar-refractivity contribution >= 4 is 16.6 Å². The first-order valence-corrected chi connectivity index (χ1v) is 6.75. The van der Waals surface area contributed by atoms with Crippen LogP contribution in [0.25, 0.3) is 22.0 Å². The van der Waals surface area contributed by atoms with Crippen molar-refractivity contribution in [2.24, 2.45) is 0 Å². The summed E-state index contributed by atoms with van der Waals surface area (Å²) in [5.41, 5.74) is -1.23. The number of rotatable bonds is 2. The maximum absolute atomic E-state index is 13.2. The molecule has 0 bridgehead atoms. The van der Waals surface area contributed by atoms with Crippen LogP contribution in [0.5, 0.6) is 0 Å². The number of non-ortho nitro benzene ring substituents is 1. The third-order valence-electron chi connectivity index (χ3n) is 3.54. The largest absolute Gasteiger partial charge is 0.417 e. The number of nitro groups is 1. The molecule has 122 valence electrons. The van der Waals surface area contributed by atoms with Gasteiger partial charge in [-0.2, -0.15) is 13.2 Å². The van der Waals surface area contributed by atoms with Crippen LogP contribution in [-0.4, -0.2) is 9.91 Å². The average molecular weight is 334 g/mol. The van der Waals surface area contributed by atoms with E-state index in [4.69, 9.17) is 0 Å². The fourth-order valence-electron chi connectivity index (χ4n) is 2.47. The van der Waals surface area contributed by atoms with Gasteiger partial charge in [-0.05, 0) is 23.3 Å². The van der Waals surface area contributed by atoms with E-state index in [1.165, 1.54) is 36.4 Å². The lowest BCUT2D eigenvalue weighted by Gasteiger charge is -2.11. The molecule has 24 heavy (non-hydrogen) atoms. The number of nitrogens with zero attached hydrogens (tertiary/aromatic N) is 1. The minimum Gasteiger partial charge on any atom is -0.322 e. The molecule has 1 aromatic heterocycles. The van der Waals surface area contributed by atoms with E-state index in [2.05, 4.69) is 4.98 Å². The Labute approximate surface area is 132 Å². The van der Waals surface area contributed by atoms with Gasteiger partial charge < -0.3 is 4.98 Å². The molecule has 0 aliphatic heterocycles. The normalized spacial score (nSPS) is 11.6. The summed E-state index contributed by atoms with van der Waals surface area (Å²) in [5.74, 6) is 0. The lowest BCUT2D eigenvalue weighted by atomic mass is 10.0. The molecule has 0 aliphatic carbocycles. The van der Waals surface area contributed by atoms with Crippen LogP contribution in [0.15, 0.2) is 53.3 Å². The summed E-state index contributed by atoms with van der Waals surface area (Å²) in [6.45, 7) is 0. The Balaban J connectivity index is 2.25. The van der Waals surface area contributed by atoms with E-state index in [0.29, 0.717) is 17.2 Å².